The number of imidazole rings is 1. The van der Waals surface area contributed by atoms with E-state index >= 15 is 0 Å². The molecule has 0 aliphatic rings. The van der Waals surface area contributed by atoms with Crippen LogP contribution in [-0.4, -0.2) is 19.5 Å². The van der Waals surface area contributed by atoms with Gasteiger partial charge in [0.1, 0.15) is 0 Å². The molecule has 4 nitrogen and oxygen atoms in total. The van der Waals surface area contributed by atoms with E-state index in [0.29, 0.717) is 5.92 Å². The van der Waals surface area contributed by atoms with Crippen LogP contribution in [0.5, 0.6) is 0 Å². The Labute approximate surface area is 112 Å². The summed E-state index contributed by atoms with van der Waals surface area (Å²) in [5.41, 5.74) is 3.10. The van der Waals surface area contributed by atoms with Gasteiger partial charge in [-0.15, -0.1) is 0 Å². The Hall–Kier alpha value is -2.23. The molecule has 2 heterocycles. The normalized spacial score (nSPS) is 13.0. The fraction of sp³-hybridized carbons (Fsp3) is 0.267. The van der Waals surface area contributed by atoms with Crippen molar-refractivity contribution in [1.29, 1.82) is 0 Å². The van der Waals surface area contributed by atoms with E-state index in [1.54, 1.807) is 12.4 Å². The molecule has 3 rings (SSSR count). The van der Waals surface area contributed by atoms with E-state index < -0.39 is 0 Å². The maximum absolute atomic E-state index is 4.38. The van der Waals surface area contributed by atoms with Gasteiger partial charge in [-0.2, -0.15) is 0 Å². The fourth-order valence-corrected chi connectivity index (χ4v) is 2.50. The number of aromatic nitrogens is 4. The van der Waals surface area contributed by atoms with E-state index in [9.17, 15) is 0 Å². The minimum Gasteiger partial charge on any atom is -0.330 e. The summed E-state index contributed by atoms with van der Waals surface area (Å²) in [5, 5.41) is 0. The standard InChI is InChI=1S/C15H16N4/c1-11(2)15(19-8-7-16-10-19)12-3-4-13-14(9-12)18-6-5-17-13/h3-11,15H,1-2H3. The fourth-order valence-electron chi connectivity index (χ4n) is 2.50. The van der Waals surface area contributed by atoms with Crippen molar-refractivity contribution in [1.82, 2.24) is 19.5 Å². The Bertz CT molecular complexity index is 673. The van der Waals surface area contributed by atoms with Gasteiger partial charge in [-0.3, -0.25) is 9.97 Å². The first kappa shape index (κ1) is 11.8. The second-order valence-electron chi connectivity index (χ2n) is 5.00. The van der Waals surface area contributed by atoms with Gasteiger partial charge >= 0.3 is 0 Å². The van der Waals surface area contributed by atoms with Gasteiger partial charge in [0.25, 0.3) is 0 Å². The Morgan fingerprint density at radius 3 is 2.47 bits per heavy atom. The van der Waals surface area contributed by atoms with Crippen molar-refractivity contribution in [3.63, 3.8) is 0 Å². The summed E-state index contributed by atoms with van der Waals surface area (Å²) in [6.45, 7) is 4.43. The molecule has 0 saturated heterocycles. The van der Waals surface area contributed by atoms with Gasteiger partial charge in [0, 0.05) is 24.8 Å². The second kappa shape index (κ2) is 4.80. The molecule has 96 valence electrons. The van der Waals surface area contributed by atoms with Crippen LogP contribution in [0.4, 0.5) is 0 Å². The summed E-state index contributed by atoms with van der Waals surface area (Å²) in [7, 11) is 0. The number of hydrogen-bond acceptors (Lipinski definition) is 3. The lowest BCUT2D eigenvalue weighted by Crippen LogP contribution is -2.15. The second-order valence-corrected chi connectivity index (χ2v) is 5.00. The molecule has 1 atom stereocenters. The number of benzene rings is 1. The van der Waals surface area contributed by atoms with Crippen molar-refractivity contribution in [2.75, 3.05) is 0 Å². The molecule has 3 aromatic rings. The summed E-state index contributed by atoms with van der Waals surface area (Å²) < 4.78 is 2.14. The van der Waals surface area contributed by atoms with E-state index in [2.05, 4.69) is 45.5 Å². The molecule has 0 N–H and O–H groups in total. The number of rotatable bonds is 3. The van der Waals surface area contributed by atoms with Crippen LogP contribution in [0.15, 0.2) is 49.3 Å². The lowest BCUT2D eigenvalue weighted by molar-refractivity contribution is 0.437. The van der Waals surface area contributed by atoms with Crippen molar-refractivity contribution in [3.05, 3.63) is 54.9 Å². The van der Waals surface area contributed by atoms with E-state index in [0.717, 1.165) is 11.0 Å². The number of fused-ring (bicyclic) bond motifs is 1. The quantitative estimate of drug-likeness (QED) is 0.719. The van der Waals surface area contributed by atoms with Gasteiger partial charge in [-0.1, -0.05) is 19.9 Å². The molecule has 4 heteroatoms. The van der Waals surface area contributed by atoms with Gasteiger partial charge in [0.15, 0.2) is 0 Å². The van der Waals surface area contributed by atoms with Crippen LogP contribution >= 0.6 is 0 Å². The third-order valence-corrected chi connectivity index (χ3v) is 3.31. The van der Waals surface area contributed by atoms with Crippen LogP contribution in [0.3, 0.4) is 0 Å². The third kappa shape index (κ3) is 2.21. The predicted octanol–water partition coefficient (Wildman–Crippen LogP) is 3.07. The molecular formula is C15H16N4. The maximum atomic E-state index is 4.38. The first-order valence-electron chi connectivity index (χ1n) is 6.44. The first-order valence-corrected chi connectivity index (χ1v) is 6.44. The molecule has 0 saturated carbocycles. The SMILES string of the molecule is CC(C)C(c1ccc2nccnc2c1)n1ccnc1. The molecule has 19 heavy (non-hydrogen) atoms. The average molecular weight is 252 g/mol. The molecule has 1 aromatic carbocycles. The highest BCUT2D eigenvalue weighted by molar-refractivity contribution is 5.74. The summed E-state index contributed by atoms with van der Waals surface area (Å²) >= 11 is 0. The zero-order chi connectivity index (χ0) is 13.2. The first-order chi connectivity index (χ1) is 9.25. The Kier molecular flexibility index (Phi) is 2.99. The molecular weight excluding hydrogens is 236 g/mol. The van der Waals surface area contributed by atoms with Gasteiger partial charge in [0.05, 0.1) is 23.4 Å². The third-order valence-electron chi connectivity index (χ3n) is 3.31. The van der Waals surface area contributed by atoms with Crippen molar-refractivity contribution in [2.45, 2.75) is 19.9 Å². The van der Waals surface area contributed by atoms with Gasteiger partial charge in [-0.25, -0.2) is 4.98 Å². The van der Waals surface area contributed by atoms with Crippen molar-refractivity contribution >= 4 is 11.0 Å². The summed E-state index contributed by atoms with van der Waals surface area (Å²) in [4.78, 5) is 12.8. The van der Waals surface area contributed by atoms with Crippen LogP contribution in [0, 0.1) is 5.92 Å². The molecule has 0 fully saturated rings. The highest BCUT2D eigenvalue weighted by Crippen LogP contribution is 2.27. The molecule has 0 spiro atoms. The minimum absolute atomic E-state index is 0.272. The summed E-state index contributed by atoms with van der Waals surface area (Å²) in [5.74, 6) is 0.475. The zero-order valence-corrected chi connectivity index (χ0v) is 11.1. The highest BCUT2D eigenvalue weighted by atomic mass is 15.1. The van der Waals surface area contributed by atoms with Crippen LogP contribution in [0.25, 0.3) is 11.0 Å². The van der Waals surface area contributed by atoms with Crippen LogP contribution < -0.4 is 0 Å². The Morgan fingerprint density at radius 1 is 1.00 bits per heavy atom. The zero-order valence-electron chi connectivity index (χ0n) is 11.1. The van der Waals surface area contributed by atoms with E-state index in [1.165, 1.54) is 5.56 Å². The van der Waals surface area contributed by atoms with Crippen LogP contribution in [0.1, 0.15) is 25.5 Å². The van der Waals surface area contributed by atoms with Crippen molar-refractivity contribution in [3.8, 4) is 0 Å². The number of hydrogen-bond donors (Lipinski definition) is 0. The van der Waals surface area contributed by atoms with E-state index in [4.69, 9.17) is 0 Å². The molecule has 1 unspecified atom stereocenters. The monoisotopic (exact) mass is 252 g/mol. The summed E-state index contributed by atoms with van der Waals surface area (Å²) in [6, 6.07) is 6.55. The largest absolute Gasteiger partial charge is 0.330 e. The molecule has 0 amide bonds. The summed E-state index contributed by atoms with van der Waals surface area (Å²) in [6.07, 6.45) is 9.14. The van der Waals surface area contributed by atoms with Crippen LogP contribution in [0.2, 0.25) is 0 Å². The molecule has 2 aromatic heterocycles. The van der Waals surface area contributed by atoms with E-state index in [-0.39, 0.29) is 6.04 Å². The van der Waals surface area contributed by atoms with Gasteiger partial charge in [-0.05, 0) is 23.6 Å². The molecule has 0 bridgehead atoms. The smallest absolute Gasteiger partial charge is 0.0951 e. The van der Waals surface area contributed by atoms with Crippen molar-refractivity contribution < 1.29 is 0 Å². The average Bonchev–Trinajstić information content (AvgIpc) is 2.92. The predicted molar refractivity (Wildman–Crippen MR) is 74.7 cm³/mol. The van der Waals surface area contributed by atoms with Crippen molar-refractivity contribution in [2.24, 2.45) is 5.92 Å². The van der Waals surface area contributed by atoms with Gasteiger partial charge < -0.3 is 4.57 Å². The maximum Gasteiger partial charge on any atom is 0.0951 e. The minimum atomic E-state index is 0.272. The number of nitrogens with zero attached hydrogens (tertiary/aromatic N) is 4. The molecule has 0 aliphatic heterocycles. The Morgan fingerprint density at radius 2 is 1.79 bits per heavy atom. The molecule has 0 aliphatic carbocycles. The Balaban J connectivity index is 2.10. The van der Waals surface area contributed by atoms with Crippen LogP contribution in [-0.2, 0) is 0 Å². The molecule has 0 radical (unpaired) electrons. The lowest BCUT2D eigenvalue weighted by atomic mass is 9.95. The van der Waals surface area contributed by atoms with Gasteiger partial charge in [0.2, 0.25) is 0 Å². The topological polar surface area (TPSA) is 43.6 Å². The highest BCUT2D eigenvalue weighted by Gasteiger charge is 2.17. The van der Waals surface area contributed by atoms with E-state index in [1.807, 2.05) is 24.8 Å². The lowest BCUT2D eigenvalue weighted by Gasteiger charge is -2.23.